The van der Waals surface area contributed by atoms with E-state index in [1.54, 1.807) is 0 Å². The lowest BCUT2D eigenvalue weighted by molar-refractivity contribution is 0.890. The van der Waals surface area contributed by atoms with E-state index in [9.17, 15) is 0 Å². The molecule has 0 atom stereocenters. The number of rotatable bonds is 2. The monoisotopic (exact) mass is 176 g/mol. The summed E-state index contributed by atoms with van der Waals surface area (Å²) in [4.78, 5) is 4.33. The van der Waals surface area contributed by atoms with Gasteiger partial charge in [-0.1, -0.05) is 5.73 Å². The van der Waals surface area contributed by atoms with Crippen molar-refractivity contribution in [3.8, 4) is 0 Å². The SMILES string of the molecule is CCNC1=C=C(C)C(C)=CN=C1C. The molecule has 1 aliphatic heterocycles. The summed E-state index contributed by atoms with van der Waals surface area (Å²) in [6.07, 6.45) is 1.89. The molecule has 0 amide bonds. The van der Waals surface area contributed by atoms with E-state index < -0.39 is 0 Å². The highest BCUT2D eigenvalue weighted by molar-refractivity contribution is 5.98. The minimum atomic E-state index is 0.904. The number of nitrogens with zero attached hydrogens (tertiary/aromatic N) is 1. The maximum absolute atomic E-state index is 4.33. The van der Waals surface area contributed by atoms with Crippen LogP contribution >= 0.6 is 0 Å². The molecule has 1 aliphatic rings. The van der Waals surface area contributed by atoms with Crippen LogP contribution in [0.4, 0.5) is 0 Å². The summed E-state index contributed by atoms with van der Waals surface area (Å²) in [5.41, 5.74) is 7.63. The van der Waals surface area contributed by atoms with Crippen molar-refractivity contribution >= 4 is 5.71 Å². The summed E-state index contributed by atoms with van der Waals surface area (Å²) >= 11 is 0. The first-order valence-electron chi connectivity index (χ1n) is 4.58. The first-order valence-corrected chi connectivity index (χ1v) is 4.58. The van der Waals surface area contributed by atoms with Crippen LogP contribution in [-0.4, -0.2) is 12.3 Å². The lowest BCUT2D eigenvalue weighted by Gasteiger charge is -2.03. The Balaban J connectivity index is 3.12. The minimum absolute atomic E-state index is 0.904. The van der Waals surface area contributed by atoms with Gasteiger partial charge in [-0.2, -0.15) is 0 Å². The van der Waals surface area contributed by atoms with Gasteiger partial charge in [0.15, 0.2) is 0 Å². The third kappa shape index (κ3) is 2.33. The molecule has 2 nitrogen and oxygen atoms in total. The Labute approximate surface area is 79.8 Å². The third-order valence-electron chi connectivity index (χ3n) is 2.07. The minimum Gasteiger partial charge on any atom is -0.378 e. The van der Waals surface area contributed by atoms with Crippen LogP contribution in [0.2, 0.25) is 0 Å². The van der Waals surface area contributed by atoms with Gasteiger partial charge in [-0.25, -0.2) is 0 Å². The molecule has 0 aromatic rings. The number of hydrogen-bond donors (Lipinski definition) is 1. The zero-order valence-corrected chi connectivity index (χ0v) is 8.73. The van der Waals surface area contributed by atoms with E-state index in [0.717, 1.165) is 23.5 Å². The molecule has 1 heterocycles. The summed E-state index contributed by atoms with van der Waals surface area (Å²) in [6, 6.07) is 0. The summed E-state index contributed by atoms with van der Waals surface area (Å²) in [5, 5.41) is 3.25. The first kappa shape index (κ1) is 9.82. The smallest absolute Gasteiger partial charge is 0.0992 e. The Hall–Kier alpha value is -1.27. The van der Waals surface area contributed by atoms with Crippen LogP contribution in [0.5, 0.6) is 0 Å². The molecular weight excluding hydrogens is 160 g/mol. The average molecular weight is 176 g/mol. The van der Waals surface area contributed by atoms with E-state index in [1.807, 2.05) is 20.0 Å². The highest BCUT2D eigenvalue weighted by atomic mass is 14.9. The van der Waals surface area contributed by atoms with Gasteiger partial charge in [0.1, 0.15) is 0 Å². The molecule has 0 saturated heterocycles. The zero-order valence-electron chi connectivity index (χ0n) is 8.73. The molecule has 13 heavy (non-hydrogen) atoms. The van der Waals surface area contributed by atoms with E-state index in [4.69, 9.17) is 0 Å². The summed E-state index contributed by atoms with van der Waals surface area (Å²) in [7, 11) is 0. The van der Waals surface area contributed by atoms with Crippen LogP contribution in [0.1, 0.15) is 27.7 Å². The molecule has 0 fully saturated rings. The first-order chi connectivity index (χ1) is 6.15. The van der Waals surface area contributed by atoms with Crippen LogP contribution in [0.15, 0.2) is 33.8 Å². The van der Waals surface area contributed by atoms with E-state index in [2.05, 4.69) is 29.9 Å². The topological polar surface area (TPSA) is 24.4 Å². The van der Waals surface area contributed by atoms with Gasteiger partial charge >= 0.3 is 0 Å². The largest absolute Gasteiger partial charge is 0.378 e. The number of allylic oxidation sites excluding steroid dienone is 2. The fourth-order valence-electron chi connectivity index (χ4n) is 1.08. The Morgan fingerprint density at radius 3 is 2.69 bits per heavy atom. The van der Waals surface area contributed by atoms with E-state index in [-0.39, 0.29) is 0 Å². The molecule has 1 rings (SSSR count). The molecular formula is C11H16N2. The molecule has 0 saturated carbocycles. The Bertz CT molecular complexity index is 326. The van der Waals surface area contributed by atoms with Crippen LogP contribution in [-0.2, 0) is 0 Å². The van der Waals surface area contributed by atoms with Crippen molar-refractivity contribution in [3.05, 3.63) is 28.8 Å². The fourth-order valence-corrected chi connectivity index (χ4v) is 1.08. The van der Waals surface area contributed by atoms with Crippen molar-refractivity contribution in [1.82, 2.24) is 5.32 Å². The summed E-state index contributed by atoms with van der Waals surface area (Å²) in [6.45, 7) is 9.07. The van der Waals surface area contributed by atoms with Crippen molar-refractivity contribution < 1.29 is 0 Å². The summed E-state index contributed by atoms with van der Waals surface area (Å²) in [5.74, 6) is 0. The Kier molecular flexibility index (Phi) is 3.10. The predicted octanol–water partition coefficient (Wildman–Crippen LogP) is 2.40. The lowest BCUT2D eigenvalue weighted by atomic mass is 10.1. The molecule has 0 aliphatic carbocycles. The van der Waals surface area contributed by atoms with Gasteiger partial charge in [0, 0.05) is 12.7 Å². The maximum atomic E-state index is 4.33. The second kappa shape index (κ2) is 4.11. The van der Waals surface area contributed by atoms with Gasteiger partial charge < -0.3 is 5.32 Å². The molecule has 0 aromatic heterocycles. The van der Waals surface area contributed by atoms with Crippen molar-refractivity contribution in [2.75, 3.05) is 6.54 Å². The average Bonchev–Trinajstić information content (AvgIpc) is 2.21. The van der Waals surface area contributed by atoms with E-state index in [0.29, 0.717) is 0 Å². The van der Waals surface area contributed by atoms with Gasteiger partial charge in [0.25, 0.3) is 0 Å². The van der Waals surface area contributed by atoms with Gasteiger partial charge in [0.2, 0.25) is 0 Å². The molecule has 0 spiro atoms. The van der Waals surface area contributed by atoms with Crippen LogP contribution in [0.25, 0.3) is 0 Å². The van der Waals surface area contributed by atoms with Crippen LogP contribution in [0, 0.1) is 0 Å². The molecule has 2 heteroatoms. The number of aliphatic imine (C=N–C) groups is 1. The van der Waals surface area contributed by atoms with Crippen LogP contribution < -0.4 is 5.32 Å². The van der Waals surface area contributed by atoms with Gasteiger partial charge in [-0.05, 0) is 38.8 Å². The fraction of sp³-hybridized carbons (Fsp3) is 0.455. The van der Waals surface area contributed by atoms with Crippen molar-refractivity contribution in [2.45, 2.75) is 27.7 Å². The molecule has 0 unspecified atom stereocenters. The van der Waals surface area contributed by atoms with Crippen LogP contribution in [0.3, 0.4) is 0 Å². The van der Waals surface area contributed by atoms with Gasteiger partial charge in [-0.3, -0.25) is 4.99 Å². The maximum Gasteiger partial charge on any atom is 0.0992 e. The second-order valence-electron chi connectivity index (χ2n) is 3.18. The second-order valence-corrected chi connectivity index (χ2v) is 3.18. The predicted molar refractivity (Wildman–Crippen MR) is 56.8 cm³/mol. The highest BCUT2D eigenvalue weighted by Gasteiger charge is 2.03. The standard InChI is InChI=1S/C11H16N2/c1-5-12-11-6-8(2)9(3)7-13-10(11)4/h7,12H,5H2,1-4H3. The van der Waals surface area contributed by atoms with Gasteiger partial charge in [-0.15, -0.1) is 0 Å². The normalized spacial score (nSPS) is 16.6. The van der Waals surface area contributed by atoms with E-state index in [1.165, 1.54) is 5.57 Å². The summed E-state index contributed by atoms with van der Waals surface area (Å²) < 4.78 is 0. The Morgan fingerprint density at radius 1 is 1.38 bits per heavy atom. The molecule has 70 valence electrons. The van der Waals surface area contributed by atoms with Crippen molar-refractivity contribution in [2.24, 2.45) is 4.99 Å². The number of nitrogens with one attached hydrogen (secondary N) is 1. The quantitative estimate of drug-likeness (QED) is 0.642. The Morgan fingerprint density at radius 2 is 2.08 bits per heavy atom. The zero-order chi connectivity index (χ0) is 9.84. The lowest BCUT2D eigenvalue weighted by Crippen LogP contribution is -2.17. The van der Waals surface area contributed by atoms with E-state index >= 15 is 0 Å². The molecule has 0 bridgehead atoms. The highest BCUT2D eigenvalue weighted by Crippen LogP contribution is 2.11. The third-order valence-corrected chi connectivity index (χ3v) is 2.07. The molecule has 0 radical (unpaired) electrons. The number of hydrogen-bond acceptors (Lipinski definition) is 2. The van der Waals surface area contributed by atoms with Crippen molar-refractivity contribution in [1.29, 1.82) is 0 Å². The van der Waals surface area contributed by atoms with Crippen molar-refractivity contribution in [3.63, 3.8) is 0 Å². The van der Waals surface area contributed by atoms with Gasteiger partial charge in [0.05, 0.1) is 11.4 Å². The molecule has 1 N–H and O–H groups in total. The molecule has 0 aromatic carbocycles.